The first-order chi connectivity index (χ1) is 7.44. The molecule has 0 saturated heterocycles. The quantitative estimate of drug-likeness (QED) is 0.722. The van der Waals surface area contributed by atoms with Gasteiger partial charge in [0, 0.05) is 0 Å². The van der Waals surface area contributed by atoms with Gasteiger partial charge in [0.05, 0.1) is 0 Å². The summed E-state index contributed by atoms with van der Waals surface area (Å²) in [6.07, 6.45) is 7.19. The van der Waals surface area contributed by atoms with Gasteiger partial charge in [-0.3, -0.25) is 0 Å². The zero-order valence-corrected chi connectivity index (χ0v) is 12.8. The van der Waals surface area contributed by atoms with Crippen molar-refractivity contribution in [2.75, 3.05) is 0 Å². The second-order valence-electron chi connectivity index (χ2n) is 6.14. The fourth-order valence-corrected chi connectivity index (χ4v) is 7.67. The van der Waals surface area contributed by atoms with E-state index in [9.17, 15) is 0 Å². The smallest absolute Gasteiger partial charge is 0.201 e. The monoisotopic (exact) mass is 242 g/mol. The van der Waals surface area contributed by atoms with E-state index in [0.29, 0.717) is 12.1 Å². The summed E-state index contributed by atoms with van der Waals surface area (Å²) < 4.78 is 0. The summed E-state index contributed by atoms with van der Waals surface area (Å²) in [5, 5.41) is 0. The highest BCUT2D eigenvalue weighted by atomic mass is 28.3. The Morgan fingerprint density at radius 3 is 1.69 bits per heavy atom. The summed E-state index contributed by atoms with van der Waals surface area (Å²) in [7, 11) is -1.47. The molecule has 0 aromatic rings. The Kier molecular flexibility index (Phi) is 5.48. The van der Waals surface area contributed by atoms with Crippen LogP contribution in [0.4, 0.5) is 0 Å². The molecule has 2 nitrogen and oxygen atoms in total. The van der Waals surface area contributed by atoms with Gasteiger partial charge in [-0.2, -0.15) is 0 Å². The zero-order valence-electron chi connectivity index (χ0n) is 11.8. The van der Waals surface area contributed by atoms with E-state index >= 15 is 0 Å². The summed E-state index contributed by atoms with van der Waals surface area (Å²) in [5.41, 5.74) is 0.922. The Hall–Kier alpha value is 0.137. The molecule has 0 amide bonds. The van der Waals surface area contributed by atoms with Gasteiger partial charge in [0.1, 0.15) is 0 Å². The van der Waals surface area contributed by atoms with Crippen LogP contribution in [0.25, 0.3) is 0 Å². The predicted molar refractivity (Wildman–Crippen MR) is 75.0 cm³/mol. The summed E-state index contributed by atoms with van der Waals surface area (Å²) in [6, 6.07) is 1.20. The SMILES string of the molecule is CC(C)N[Si](C)(NC(C)C)C1CCCCC1. The molecule has 0 radical (unpaired) electrons. The third kappa shape index (κ3) is 4.19. The highest BCUT2D eigenvalue weighted by Crippen LogP contribution is 2.34. The van der Waals surface area contributed by atoms with Crippen molar-refractivity contribution in [3.8, 4) is 0 Å². The Labute approximate surface area is 103 Å². The Morgan fingerprint density at radius 1 is 0.875 bits per heavy atom. The molecule has 2 N–H and O–H groups in total. The molecule has 0 atom stereocenters. The highest BCUT2D eigenvalue weighted by Gasteiger charge is 2.38. The molecule has 0 aliphatic heterocycles. The van der Waals surface area contributed by atoms with Crippen molar-refractivity contribution in [2.24, 2.45) is 0 Å². The van der Waals surface area contributed by atoms with E-state index in [1.165, 1.54) is 32.1 Å². The van der Waals surface area contributed by atoms with Crippen molar-refractivity contribution < 1.29 is 0 Å². The van der Waals surface area contributed by atoms with Crippen LogP contribution in [0.3, 0.4) is 0 Å². The largest absolute Gasteiger partial charge is 0.323 e. The van der Waals surface area contributed by atoms with Gasteiger partial charge < -0.3 is 9.96 Å². The second kappa shape index (κ2) is 6.17. The van der Waals surface area contributed by atoms with E-state index < -0.39 is 8.40 Å². The molecule has 1 fully saturated rings. The average Bonchev–Trinajstić information content (AvgIpc) is 2.16. The van der Waals surface area contributed by atoms with Gasteiger partial charge in [0.2, 0.25) is 8.40 Å². The molecule has 0 heterocycles. The summed E-state index contributed by atoms with van der Waals surface area (Å²) >= 11 is 0. The normalized spacial score (nSPS) is 19.7. The molecule has 0 aromatic heterocycles. The minimum atomic E-state index is -1.47. The van der Waals surface area contributed by atoms with Gasteiger partial charge in [0.25, 0.3) is 0 Å². The van der Waals surface area contributed by atoms with Crippen molar-refractivity contribution in [3.63, 3.8) is 0 Å². The molecule has 0 spiro atoms. The maximum Gasteiger partial charge on any atom is 0.201 e. The predicted octanol–water partition coefficient (Wildman–Crippen LogP) is 3.39. The van der Waals surface area contributed by atoms with Crippen molar-refractivity contribution in [1.29, 1.82) is 0 Å². The van der Waals surface area contributed by atoms with Gasteiger partial charge in [-0.05, 0) is 24.2 Å². The van der Waals surface area contributed by atoms with E-state index in [1.54, 1.807) is 0 Å². The molecule has 1 saturated carbocycles. The van der Waals surface area contributed by atoms with Crippen LogP contribution in [-0.2, 0) is 0 Å². The minimum Gasteiger partial charge on any atom is -0.323 e. The Balaban J connectivity index is 2.67. The molecule has 96 valence electrons. The molecule has 0 bridgehead atoms. The molecular formula is C13H30N2Si. The van der Waals surface area contributed by atoms with E-state index in [2.05, 4.69) is 44.2 Å². The van der Waals surface area contributed by atoms with E-state index in [-0.39, 0.29) is 0 Å². The van der Waals surface area contributed by atoms with Crippen LogP contribution in [0.1, 0.15) is 59.8 Å². The molecule has 0 aromatic carbocycles. The lowest BCUT2D eigenvalue weighted by Crippen LogP contribution is -2.66. The molecule has 0 unspecified atom stereocenters. The molecule has 1 aliphatic rings. The fourth-order valence-electron chi connectivity index (χ4n) is 3.16. The summed E-state index contributed by atoms with van der Waals surface area (Å²) in [6.45, 7) is 11.6. The van der Waals surface area contributed by atoms with E-state index in [4.69, 9.17) is 0 Å². The average molecular weight is 242 g/mol. The van der Waals surface area contributed by atoms with E-state index in [0.717, 1.165) is 5.54 Å². The van der Waals surface area contributed by atoms with E-state index in [1.807, 2.05) is 0 Å². The zero-order chi connectivity index (χ0) is 12.2. The lowest BCUT2D eigenvalue weighted by atomic mass is 10.0. The van der Waals surface area contributed by atoms with Crippen molar-refractivity contribution in [2.45, 2.75) is 84.0 Å². The number of nitrogens with one attached hydrogen (secondary N) is 2. The van der Waals surface area contributed by atoms with Crippen LogP contribution in [0.15, 0.2) is 0 Å². The van der Waals surface area contributed by atoms with Gasteiger partial charge in [0.15, 0.2) is 0 Å². The van der Waals surface area contributed by atoms with Crippen molar-refractivity contribution in [1.82, 2.24) is 9.96 Å². The van der Waals surface area contributed by atoms with Gasteiger partial charge in [-0.1, -0.05) is 59.8 Å². The lowest BCUT2D eigenvalue weighted by Gasteiger charge is -2.41. The van der Waals surface area contributed by atoms with Crippen LogP contribution in [-0.4, -0.2) is 20.5 Å². The third-order valence-corrected chi connectivity index (χ3v) is 8.16. The van der Waals surface area contributed by atoms with Gasteiger partial charge in [-0.15, -0.1) is 0 Å². The summed E-state index contributed by atoms with van der Waals surface area (Å²) in [4.78, 5) is 7.77. The maximum atomic E-state index is 3.89. The van der Waals surface area contributed by atoms with Crippen LogP contribution in [0, 0.1) is 0 Å². The first-order valence-corrected chi connectivity index (χ1v) is 9.57. The molecule has 1 aliphatic carbocycles. The van der Waals surface area contributed by atoms with Gasteiger partial charge >= 0.3 is 0 Å². The minimum absolute atomic E-state index is 0.602. The molecule has 1 rings (SSSR count). The standard InChI is InChI=1S/C13H30N2Si/c1-11(2)14-16(5,15-12(3)4)13-9-7-6-8-10-13/h11-15H,6-10H2,1-5H3. The van der Waals surface area contributed by atoms with Crippen LogP contribution >= 0.6 is 0 Å². The van der Waals surface area contributed by atoms with Crippen LogP contribution in [0.2, 0.25) is 12.1 Å². The second-order valence-corrected chi connectivity index (χ2v) is 9.93. The van der Waals surface area contributed by atoms with Crippen molar-refractivity contribution >= 4 is 8.40 Å². The maximum absolute atomic E-state index is 3.89. The molecular weight excluding hydrogens is 212 g/mol. The number of hydrogen-bond donors (Lipinski definition) is 2. The third-order valence-electron chi connectivity index (χ3n) is 3.60. The first-order valence-electron chi connectivity index (χ1n) is 6.99. The van der Waals surface area contributed by atoms with Crippen molar-refractivity contribution in [3.05, 3.63) is 0 Å². The highest BCUT2D eigenvalue weighted by molar-refractivity contribution is 6.75. The molecule has 16 heavy (non-hydrogen) atoms. The Morgan fingerprint density at radius 2 is 1.31 bits per heavy atom. The van der Waals surface area contributed by atoms with Crippen LogP contribution in [0.5, 0.6) is 0 Å². The number of hydrogen-bond acceptors (Lipinski definition) is 2. The van der Waals surface area contributed by atoms with Crippen LogP contribution < -0.4 is 9.96 Å². The number of rotatable bonds is 5. The lowest BCUT2D eigenvalue weighted by molar-refractivity contribution is 0.470. The van der Waals surface area contributed by atoms with Gasteiger partial charge in [-0.25, -0.2) is 0 Å². The topological polar surface area (TPSA) is 24.1 Å². The summed E-state index contributed by atoms with van der Waals surface area (Å²) in [5.74, 6) is 0. The Bertz CT molecular complexity index is 188. The molecule has 3 heteroatoms. The fraction of sp³-hybridized carbons (Fsp3) is 1.00. The first kappa shape index (κ1) is 14.2.